The number of nitrogens with two attached hydrogens (primary N) is 1. The second-order valence-corrected chi connectivity index (χ2v) is 4.19. The number of benzene rings is 2. The fourth-order valence-corrected chi connectivity index (χ4v) is 1.73. The number of hydrogen-bond acceptors (Lipinski definition) is 4. The van der Waals surface area contributed by atoms with Crippen LogP contribution >= 0.6 is 0 Å². The van der Waals surface area contributed by atoms with Crippen LogP contribution in [0.15, 0.2) is 36.4 Å². The molecular weight excluding hydrogens is 242 g/mol. The number of ether oxygens (including phenoxy) is 3. The average molecular weight is 259 g/mol. The van der Waals surface area contributed by atoms with Crippen LogP contribution in [0.25, 0.3) is 0 Å². The number of methoxy groups -OCH3 is 2. The predicted octanol–water partition coefficient (Wildman–Crippen LogP) is 3.39. The standard InChI is InChI=1S/C15H17NO3/c1-10-4-5-15(14(16)6-10)19-13-8-11(17-2)7-12(9-13)18-3/h4-9H,16H2,1-3H3. The normalized spacial score (nSPS) is 10.1. The van der Waals surface area contributed by atoms with Crippen LogP contribution < -0.4 is 19.9 Å². The van der Waals surface area contributed by atoms with E-state index in [2.05, 4.69) is 0 Å². The Morgan fingerprint density at radius 2 is 1.42 bits per heavy atom. The third-order valence-electron chi connectivity index (χ3n) is 2.72. The largest absolute Gasteiger partial charge is 0.496 e. The molecule has 0 saturated heterocycles. The summed E-state index contributed by atoms with van der Waals surface area (Å²) < 4.78 is 16.2. The second kappa shape index (κ2) is 5.52. The van der Waals surface area contributed by atoms with E-state index in [0.29, 0.717) is 28.7 Å². The summed E-state index contributed by atoms with van der Waals surface area (Å²) in [6.07, 6.45) is 0. The first-order valence-corrected chi connectivity index (χ1v) is 5.89. The molecule has 0 heterocycles. The van der Waals surface area contributed by atoms with Gasteiger partial charge in [0.1, 0.15) is 23.0 Å². The van der Waals surface area contributed by atoms with Crippen molar-refractivity contribution in [2.45, 2.75) is 6.92 Å². The number of anilines is 1. The molecule has 0 unspecified atom stereocenters. The molecule has 0 radical (unpaired) electrons. The molecule has 0 aliphatic rings. The summed E-state index contributed by atoms with van der Waals surface area (Å²) in [5.74, 6) is 2.56. The summed E-state index contributed by atoms with van der Waals surface area (Å²) in [7, 11) is 3.19. The first kappa shape index (κ1) is 13.1. The monoisotopic (exact) mass is 259 g/mol. The van der Waals surface area contributed by atoms with Crippen LogP contribution in [0.1, 0.15) is 5.56 Å². The molecule has 0 aromatic heterocycles. The second-order valence-electron chi connectivity index (χ2n) is 4.19. The molecule has 0 fully saturated rings. The molecule has 4 nitrogen and oxygen atoms in total. The van der Waals surface area contributed by atoms with E-state index in [-0.39, 0.29) is 0 Å². The highest BCUT2D eigenvalue weighted by Gasteiger charge is 2.06. The van der Waals surface area contributed by atoms with Gasteiger partial charge in [0.2, 0.25) is 0 Å². The molecule has 0 atom stereocenters. The lowest BCUT2D eigenvalue weighted by Crippen LogP contribution is -1.94. The predicted molar refractivity (Wildman–Crippen MR) is 75.2 cm³/mol. The van der Waals surface area contributed by atoms with Crippen LogP contribution in [-0.4, -0.2) is 14.2 Å². The summed E-state index contributed by atoms with van der Waals surface area (Å²) >= 11 is 0. The van der Waals surface area contributed by atoms with E-state index in [1.165, 1.54) is 0 Å². The van der Waals surface area contributed by atoms with Gasteiger partial charge in [0, 0.05) is 18.2 Å². The lowest BCUT2D eigenvalue weighted by molar-refractivity contribution is 0.386. The molecule has 0 amide bonds. The lowest BCUT2D eigenvalue weighted by Gasteiger charge is -2.11. The first-order chi connectivity index (χ1) is 9.12. The number of aryl methyl sites for hydroxylation is 1. The minimum Gasteiger partial charge on any atom is -0.496 e. The zero-order valence-electron chi connectivity index (χ0n) is 11.3. The summed E-state index contributed by atoms with van der Waals surface area (Å²) in [6.45, 7) is 1.98. The molecule has 100 valence electrons. The Hall–Kier alpha value is -2.36. The molecule has 0 bridgehead atoms. The Kier molecular flexibility index (Phi) is 3.80. The average Bonchev–Trinajstić information content (AvgIpc) is 2.41. The Labute approximate surface area is 112 Å². The van der Waals surface area contributed by atoms with Crippen LogP contribution in [0.2, 0.25) is 0 Å². The topological polar surface area (TPSA) is 53.7 Å². The van der Waals surface area contributed by atoms with Gasteiger partial charge in [0.05, 0.1) is 19.9 Å². The van der Waals surface area contributed by atoms with Crippen molar-refractivity contribution in [3.05, 3.63) is 42.0 Å². The van der Waals surface area contributed by atoms with Crippen molar-refractivity contribution in [1.29, 1.82) is 0 Å². The van der Waals surface area contributed by atoms with Gasteiger partial charge in [-0.25, -0.2) is 0 Å². The van der Waals surface area contributed by atoms with Crippen molar-refractivity contribution in [2.24, 2.45) is 0 Å². The molecule has 2 aromatic carbocycles. The quantitative estimate of drug-likeness (QED) is 0.855. The number of nitrogen functional groups attached to an aromatic ring is 1. The van der Waals surface area contributed by atoms with E-state index < -0.39 is 0 Å². The Morgan fingerprint density at radius 1 is 0.842 bits per heavy atom. The van der Waals surface area contributed by atoms with Crippen molar-refractivity contribution in [2.75, 3.05) is 20.0 Å². The summed E-state index contributed by atoms with van der Waals surface area (Å²) in [6, 6.07) is 11.0. The maximum absolute atomic E-state index is 5.92. The minimum absolute atomic E-state index is 0.599. The molecular formula is C15H17NO3. The molecule has 0 saturated carbocycles. The molecule has 0 aliphatic heterocycles. The Bertz CT molecular complexity index is 559. The highest BCUT2D eigenvalue weighted by Crippen LogP contribution is 2.33. The van der Waals surface area contributed by atoms with Crippen molar-refractivity contribution in [3.63, 3.8) is 0 Å². The van der Waals surface area contributed by atoms with Crippen molar-refractivity contribution >= 4 is 5.69 Å². The highest BCUT2D eigenvalue weighted by molar-refractivity contribution is 5.56. The third-order valence-corrected chi connectivity index (χ3v) is 2.72. The summed E-state index contributed by atoms with van der Waals surface area (Å²) in [5.41, 5.74) is 7.61. The highest BCUT2D eigenvalue weighted by atomic mass is 16.5. The van der Waals surface area contributed by atoms with Gasteiger partial charge in [0.15, 0.2) is 0 Å². The van der Waals surface area contributed by atoms with E-state index in [1.807, 2.05) is 25.1 Å². The fourth-order valence-electron chi connectivity index (χ4n) is 1.73. The smallest absolute Gasteiger partial charge is 0.150 e. The number of hydrogen-bond donors (Lipinski definition) is 1. The van der Waals surface area contributed by atoms with E-state index >= 15 is 0 Å². The van der Waals surface area contributed by atoms with E-state index in [0.717, 1.165) is 5.56 Å². The van der Waals surface area contributed by atoms with Crippen LogP contribution in [0.5, 0.6) is 23.0 Å². The molecule has 2 rings (SSSR count). The van der Waals surface area contributed by atoms with E-state index in [1.54, 1.807) is 32.4 Å². The Balaban J connectivity index is 2.31. The maximum Gasteiger partial charge on any atom is 0.150 e. The van der Waals surface area contributed by atoms with Gasteiger partial charge in [-0.3, -0.25) is 0 Å². The van der Waals surface area contributed by atoms with E-state index in [4.69, 9.17) is 19.9 Å². The summed E-state index contributed by atoms with van der Waals surface area (Å²) in [5, 5.41) is 0. The molecule has 0 spiro atoms. The summed E-state index contributed by atoms with van der Waals surface area (Å²) in [4.78, 5) is 0. The molecule has 2 N–H and O–H groups in total. The van der Waals surface area contributed by atoms with Crippen molar-refractivity contribution in [1.82, 2.24) is 0 Å². The SMILES string of the molecule is COc1cc(OC)cc(Oc2ccc(C)cc2N)c1. The molecule has 4 heteroatoms. The number of rotatable bonds is 4. The molecule has 19 heavy (non-hydrogen) atoms. The fraction of sp³-hybridized carbons (Fsp3) is 0.200. The van der Waals surface area contributed by atoms with Gasteiger partial charge in [-0.15, -0.1) is 0 Å². The van der Waals surface area contributed by atoms with Crippen LogP contribution in [0.4, 0.5) is 5.69 Å². The first-order valence-electron chi connectivity index (χ1n) is 5.89. The third kappa shape index (κ3) is 3.10. The van der Waals surface area contributed by atoms with Gasteiger partial charge in [-0.05, 0) is 24.6 Å². The van der Waals surface area contributed by atoms with Crippen LogP contribution in [0.3, 0.4) is 0 Å². The van der Waals surface area contributed by atoms with E-state index in [9.17, 15) is 0 Å². The van der Waals surface area contributed by atoms with Gasteiger partial charge < -0.3 is 19.9 Å². The van der Waals surface area contributed by atoms with Crippen LogP contribution in [-0.2, 0) is 0 Å². The zero-order chi connectivity index (χ0) is 13.8. The van der Waals surface area contributed by atoms with Crippen molar-refractivity contribution < 1.29 is 14.2 Å². The van der Waals surface area contributed by atoms with Gasteiger partial charge in [-0.1, -0.05) is 6.07 Å². The van der Waals surface area contributed by atoms with Gasteiger partial charge >= 0.3 is 0 Å². The van der Waals surface area contributed by atoms with Crippen LogP contribution in [0, 0.1) is 6.92 Å². The van der Waals surface area contributed by atoms with Gasteiger partial charge in [0.25, 0.3) is 0 Å². The van der Waals surface area contributed by atoms with Gasteiger partial charge in [-0.2, -0.15) is 0 Å². The maximum atomic E-state index is 5.92. The van der Waals surface area contributed by atoms with Crippen molar-refractivity contribution in [3.8, 4) is 23.0 Å². The lowest BCUT2D eigenvalue weighted by atomic mass is 10.2. The minimum atomic E-state index is 0.599. The zero-order valence-corrected chi connectivity index (χ0v) is 11.3. The molecule has 0 aliphatic carbocycles. The Morgan fingerprint density at radius 3 is 1.95 bits per heavy atom. The molecule has 2 aromatic rings.